The molecule has 2 spiro atoms. The number of hydrogen-bond donors (Lipinski definition) is 1. The molecule has 2 aliphatic heterocycles. The van der Waals surface area contributed by atoms with Gasteiger partial charge < -0.3 is 19.3 Å². The minimum Gasteiger partial charge on any atom is -0.387 e. The van der Waals surface area contributed by atoms with E-state index in [0.717, 1.165) is 64.4 Å². The van der Waals surface area contributed by atoms with Crippen LogP contribution in [0.25, 0.3) is 0 Å². The number of aliphatic hydroxyl groups is 1. The van der Waals surface area contributed by atoms with Crippen LogP contribution in [0, 0.1) is 23.7 Å². The van der Waals surface area contributed by atoms with E-state index in [1.807, 2.05) is 6.08 Å². The molecule has 0 radical (unpaired) electrons. The van der Waals surface area contributed by atoms with Gasteiger partial charge in [0.05, 0.1) is 12.2 Å². The van der Waals surface area contributed by atoms with E-state index in [2.05, 4.69) is 43.5 Å². The Balaban J connectivity index is 1.30. The van der Waals surface area contributed by atoms with Crippen molar-refractivity contribution in [2.75, 3.05) is 6.61 Å². The number of ether oxygens (including phenoxy) is 3. The van der Waals surface area contributed by atoms with Crippen LogP contribution in [0.1, 0.15) is 64.2 Å². The molecule has 174 valence electrons. The molecule has 4 fully saturated rings. The highest BCUT2D eigenvalue weighted by molar-refractivity contribution is 5.25. The maximum absolute atomic E-state index is 11.9. The number of rotatable bonds is 6. The summed E-state index contributed by atoms with van der Waals surface area (Å²) in [6.07, 6.45) is 21.7. The summed E-state index contributed by atoms with van der Waals surface area (Å²) in [6.45, 7) is 8.74. The van der Waals surface area contributed by atoms with Gasteiger partial charge in [-0.25, -0.2) is 0 Å². The predicted molar refractivity (Wildman–Crippen MR) is 124 cm³/mol. The van der Waals surface area contributed by atoms with Crippen molar-refractivity contribution < 1.29 is 19.3 Å². The molecular weight excluding hydrogens is 400 g/mol. The fraction of sp³-hybridized carbons (Fsp3) is 0.714. The number of hydrogen-bond acceptors (Lipinski definition) is 4. The van der Waals surface area contributed by atoms with Crippen LogP contribution in [0.5, 0.6) is 0 Å². The Morgan fingerprint density at radius 2 is 1.56 bits per heavy atom. The topological polar surface area (TPSA) is 47.9 Å². The van der Waals surface area contributed by atoms with E-state index >= 15 is 0 Å². The van der Waals surface area contributed by atoms with E-state index in [1.165, 1.54) is 0 Å². The van der Waals surface area contributed by atoms with E-state index in [9.17, 15) is 5.11 Å². The summed E-state index contributed by atoms with van der Waals surface area (Å²) >= 11 is 0. The van der Waals surface area contributed by atoms with Gasteiger partial charge in [-0.3, -0.25) is 0 Å². The molecule has 4 nitrogen and oxygen atoms in total. The summed E-state index contributed by atoms with van der Waals surface area (Å²) in [6, 6.07) is 0. The maximum atomic E-state index is 11.9. The van der Waals surface area contributed by atoms with Crippen LogP contribution in [-0.4, -0.2) is 40.4 Å². The first-order valence-electron chi connectivity index (χ1n) is 12.8. The van der Waals surface area contributed by atoms with Gasteiger partial charge in [-0.15, -0.1) is 13.2 Å². The monoisotopic (exact) mass is 438 g/mol. The molecule has 0 aromatic heterocycles. The maximum Gasteiger partial charge on any atom is 0.162 e. The molecule has 2 saturated heterocycles. The predicted octanol–water partition coefficient (Wildman–Crippen LogP) is 5.24. The standard InChI is InChI=1S/C28H38O4/c1-3-9-20-17-25(29)19-24(32-27(25)13-7-5-11-22(20)27)31-26-15-16-30-28(26)14-8-6-12-23(28)21(18-26)10-4-2/h3-8,20-24,29H,1-2,9-19H2/t20-,21-,22-,23+,24-,25+,26+,27-,28-/m1/s1. The Kier molecular flexibility index (Phi) is 4.93. The Labute approximate surface area is 192 Å². The van der Waals surface area contributed by atoms with Gasteiger partial charge in [0.2, 0.25) is 0 Å². The van der Waals surface area contributed by atoms with Crippen molar-refractivity contribution >= 4 is 0 Å². The molecule has 0 amide bonds. The second-order valence-electron chi connectivity index (χ2n) is 11.3. The van der Waals surface area contributed by atoms with E-state index in [0.29, 0.717) is 30.1 Å². The fourth-order valence-corrected chi connectivity index (χ4v) is 8.89. The Morgan fingerprint density at radius 3 is 2.28 bits per heavy atom. The molecule has 0 aromatic carbocycles. The van der Waals surface area contributed by atoms with Crippen molar-refractivity contribution in [2.24, 2.45) is 23.7 Å². The van der Waals surface area contributed by atoms with Gasteiger partial charge >= 0.3 is 0 Å². The van der Waals surface area contributed by atoms with Gasteiger partial charge in [0.15, 0.2) is 6.29 Å². The first-order chi connectivity index (χ1) is 15.5. The SMILES string of the molecule is C=CC[C@@H]1C[C@]2(O)C[C@H](O[C@]34CCO[C@@]35CC=CC[C@H]5[C@H](CC=C)C4)O[C@@]23CC=CC[C@H]13. The van der Waals surface area contributed by atoms with E-state index in [4.69, 9.17) is 14.2 Å². The molecule has 2 heterocycles. The summed E-state index contributed by atoms with van der Waals surface area (Å²) in [7, 11) is 0. The minimum absolute atomic E-state index is 0.256. The van der Waals surface area contributed by atoms with E-state index in [1.54, 1.807) is 0 Å². The van der Waals surface area contributed by atoms with E-state index in [-0.39, 0.29) is 17.5 Å². The van der Waals surface area contributed by atoms with Crippen LogP contribution in [0.15, 0.2) is 49.6 Å². The fourth-order valence-electron chi connectivity index (χ4n) is 8.89. The van der Waals surface area contributed by atoms with Gasteiger partial charge in [0.25, 0.3) is 0 Å². The van der Waals surface area contributed by atoms with Crippen molar-refractivity contribution in [3.05, 3.63) is 49.6 Å². The Bertz CT molecular complexity index is 848. The molecule has 2 saturated carbocycles. The summed E-state index contributed by atoms with van der Waals surface area (Å²) in [4.78, 5) is 0. The van der Waals surface area contributed by atoms with Crippen LogP contribution in [0.4, 0.5) is 0 Å². The summed E-state index contributed by atoms with van der Waals surface area (Å²) in [5, 5.41) is 11.9. The third-order valence-electron chi connectivity index (χ3n) is 10.0. The van der Waals surface area contributed by atoms with Gasteiger partial charge in [0, 0.05) is 12.8 Å². The third-order valence-corrected chi connectivity index (χ3v) is 10.0. The van der Waals surface area contributed by atoms with Gasteiger partial charge in [-0.05, 0) is 75.0 Å². The molecule has 0 unspecified atom stereocenters. The first kappa shape index (κ1) is 21.3. The number of allylic oxidation sites excluding steroid dienone is 4. The van der Waals surface area contributed by atoms with Crippen LogP contribution in [0.3, 0.4) is 0 Å². The molecular formula is C28H38O4. The largest absolute Gasteiger partial charge is 0.387 e. The van der Waals surface area contributed by atoms with Crippen molar-refractivity contribution in [3.8, 4) is 0 Å². The Morgan fingerprint density at radius 1 is 0.906 bits per heavy atom. The Hall–Kier alpha value is -1.20. The molecule has 9 atom stereocenters. The molecule has 4 heteroatoms. The lowest BCUT2D eigenvalue weighted by atomic mass is 9.72. The van der Waals surface area contributed by atoms with Gasteiger partial charge in [-0.1, -0.05) is 36.5 Å². The summed E-state index contributed by atoms with van der Waals surface area (Å²) < 4.78 is 20.5. The molecule has 0 bridgehead atoms. The van der Waals surface area contributed by atoms with Crippen molar-refractivity contribution in [2.45, 2.75) is 92.9 Å². The average molecular weight is 439 g/mol. The summed E-state index contributed by atoms with van der Waals surface area (Å²) in [5.74, 6) is 1.76. The van der Waals surface area contributed by atoms with Crippen molar-refractivity contribution in [3.63, 3.8) is 0 Å². The van der Waals surface area contributed by atoms with E-state index < -0.39 is 11.2 Å². The second kappa shape index (κ2) is 7.40. The minimum atomic E-state index is -0.824. The molecule has 32 heavy (non-hydrogen) atoms. The first-order valence-corrected chi connectivity index (χ1v) is 12.8. The van der Waals surface area contributed by atoms with Crippen molar-refractivity contribution in [1.82, 2.24) is 0 Å². The quantitative estimate of drug-likeness (QED) is 0.576. The average Bonchev–Trinajstić information content (AvgIpc) is 3.38. The zero-order valence-corrected chi connectivity index (χ0v) is 19.2. The zero-order valence-electron chi connectivity index (χ0n) is 19.2. The zero-order chi connectivity index (χ0) is 22.0. The lowest BCUT2D eigenvalue weighted by Gasteiger charge is -2.45. The molecule has 0 aromatic rings. The normalized spacial score (nSPS) is 53.0. The smallest absolute Gasteiger partial charge is 0.162 e. The van der Waals surface area contributed by atoms with Crippen molar-refractivity contribution in [1.29, 1.82) is 0 Å². The lowest BCUT2D eigenvalue weighted by Crippen LogP contribution is -2.54. The van der Waals surface area contributed by atoms with Crippen LogP contribution < -0.4 is 0 Å². The van der Waals surface area contributed by atoms with Gasteiger partial charge in [-0.2, -0.15) is 0 Å². The third kappa shape index (κ3) is 2.64. The molecule has 4 aliphatic carbocycles. The van der Waals surface area contributed by atoms with Gasteiger partial charge in [0.1, 0.15) is 16.8 Å². The summed E-state index contributed by atoms with van der Waals surface area (Å²) in [5.41, 5.74) is -1.93. The highest BCUT2D eigenvalue weighted by Crippen LogP contribution is 2.65. The van der Waals surface area contributed by atoms with Crippen LogP contribution in [0.2, 0.25) is 0 Å². The van der Waals surface area contributed by atoms with Crippen LogP contribution in [-0.2, 0) is 14.2 Å². The molecule has 1 N–H and O–H groups in total. The molecule has 6 rings (SSSR count). The highest BCUT2D eigenvalue weighted by atomic mass is 16.7. The molecule has 6 aliphatic rings. The lowest BCUT2D eigenvalue weighted by molar-refractivity contribution is -0.263. The highest BCUT2D eigenvalue weighted by Gasteiger charge is 2.72. The van der Waals surface area contributed by atoms with Crippen LogP contribution >= 0.6 is 0 Å². The second-order valence-corrected chi connectivity index (χ2v) is 11.3.